The average molecular weight is 307 g/mol. The van der Waals surface area contributed by atoms with Crippen molar-refractivity contribution in [2.45, 2.75) is 27.7 Å². The van der Waals surface area contributed by atoms with E-state index in [-0.39, 0.29) is 17.1 Å². The summed E-state index contributed by atoms with van der Waals surface area (Å²) >= 11 is 0. The molecule has 0 heterocycles. The monoisotopic (exact) mass is 307 g/mol. The Balaban J connectivity index is 2.37. The molecule has 0 fully saturated rings. The second kappa shape index (κ2) is 6.58. The Hall–Kier alpha value is -2.73. The molecule has 3 nitrogen and oxygen atoms in total. The molecule has 0 saturated heterocycles. The van der Waals surface area contributed by atoms with Crippen LogP contribution < -0.4 is 5.32 Å². The van der Waals surface area contributed by atoms with Crippen LogP contribution >= 0.6 is 0 Å². The zero-order valence-corrected chi connectivity index (χ0v) is 13.9. The van der Waals surface area contributed by atoms with E-state index in [2.05, 4.69) is 37.9 Å². The van der Waals surface area contributed by atoms with Gasteiger partial charge < -0.3 is 10.4 Å². The summed E-state index contributed by atoms with van der Waals surface area (Å²) < 4.78 is 0. The maximum atomic E-state index is 11.3. The molecule has 0 bridgehead atoms. The number of hydrogen-bond donors (Lipinski definition) is 2. The van der Waals surface area contributed by atoms with E-state index >= 15 is 0 Å². The van der Waals surface area contributed by atoms with Crippen LogP contribution in [-0.4, -0.2) is 11.0 Å². The van der Waals surface area contributed by atoms with Crippen molar-refractivity contribution in [3.05, 3.63) is 48.0 Å². The lowest BCUT2D eigenvalue weighted by molar-refractivity contribution is -0.114. The highest BCUT2D eigenvalue weighted by Crippen LogP contribution is 2.31. The van der Waals surface area contributed by atoms with Crippen LogP contribution in [0.2, 0.25) is 0 Å². The van der Waals surface area contributed by atoms with Crippen molar-refractivity contribution in [1.82, 2.24) is 0 Å². The van der Waals surface area contributed by atoms with E-state index in [9.17, 15) is 9.90 Å². The Morgan fingerprint density at radius 2 is 1.74 bits per heavy atom. The highest BCUT2D eigenvalue weighted by Gasteiger charge is 2.08. The largest absolute Gasteiger partial charge is 0.508 e. The number of phenols is 1. The van der Waals surface area contributed by atoms with Crippen LogP contribution in [0.3, 0.4) is 0 Å². The fraction of sp³-hybridized carbons (Fsp3) is 0.250. The number of hydrogen-bond acceptors (Lipinski definition) is 2. The minimum Gasteiger partial charge on any atom is -0.508 e. The SMILES string of the molecule is CC(=O)Nc1ccc(O)cc1-c1ccc(C#CC(C)(C)C)cc1. The van der Waals surface area contributed by atoms with Gasteiger partial charge in [-0.2, -0.15) is 0 Å². The van der Waals surface area contributed by atoms with Crippen LogP contribution in [0.1, 0.15) is 33.3 Å². The van der Waals surface area contributed by atoms with Crippen molar-refractivity contribution in [3.8, 4) is 28.7 Å². The molecule has 0 saturated carbocycles. The first-order valence-electron chi connectivity index (χ1n) is 7.49. The number of amides is 1. The summed E-state index contributed by atoms with van der Waals surface area (Å²) in [6.45, 7) is 7.67. The second-order valence-corrected chi connectivity index (χ2v) is 6.49. The second-order valence-electron chi connectivity index (χ2n) is 6.49. The number of nitrogens with one attached hydrogen (secondary N) is 1. The average Bonchev–Trinajstić information content (AvgIpc) is 2.46. The van der Waals surface area contributed by atoms with E-state index in [4.69, 9.17) is 0 Å². The molecule has 3 heteroatoms. The van der Waals surface area contributed by atoms with E-state index in [1.165, 1.54) is 6.92 Å². The molecule has 23 heavy (non-hydrogen) atoms. The predicted octanol–water partition coefficient (Wildman–Crippen LogP) is 4.42. The Morgan fingerprint density at radius 1 is 1.09 bits per heavy atom. The first-order chi connectivity index (χ1) is 10.7. The highest BCUT2D eigenvalue weighted by atomic mass is 16.3. The van der Waals surface area contributed by atoms with Gasteiger partial charge in [0.15, 0.2) is 0 Å². The lowest BCUT2D eigenvalue weighted by Crippen LogP contribution is -2.06. The number of anilines is 1. The predicted molar refractivity (Wildman–Crippen MR) is 94.2 cm³/mol. The number of rotatable bonds is 2. The standard InChI is InChI=1S/C20H21NO2/c1-14(22)21-19-10-9-17(23)13-18(19)16-7-5-15(6-8-16)11-12-20(2,3)4/h5-10,13,23H,1-4H3,(H,21,22). The Bertz CT molecular complexity index is 772. The van der Waals surface area contributed by atoms with Gasteiger partial charge in [0.1, 0.15) is 5.75 Å². The van der Waals surface area contributed by atoms with Gasteiger partial charge in [-0.3, -0.25) is 4.79 Å². The van der Waals surface area contributed by atoms with Crippen molar-refractivity contribution in [3.63, 3.8) is 0 Å². The summed E-state index contributed by atoms with van der Waals surface area (Å²) in [7, 11) is 0. The van der Waals surface area contributed by atoms with E-state index in [0.717, 1.165) is 16.7 Å². The van der Waals surface area contributed by atoms with Gasteiger partial charge >= 0.3 is 0 Å². The fourth-order valence-corrected chi connectivity index (χ4v) is 2.06. The smallest absolute Gasteiger partial charge is 0.221 e. The minimum absolute atomic E-state index is 0.0392. The molecule has 0 radical (unpaired) electrons. The van der Waals surface area contributed by atoms with Gasteiger partial charge in [-0.05, 0) is 56.7 Å². The molecule has 2 aromatic rings. The summed E-state index contributed by atoms with van der Waals surface area (Å²) in [4.78, 5) is 11.3. The van der Waals surface area contributed by atoms with Crippen LogP contribution in [0.5, 0.6) is 5.75 Å². The molecule has 2 aromatic carbocycles. The molecule has 0 aliphatic rings. The van der Waals surface area contributed by atoms with Crippen LogP contribution in [0, 0.1) is 17.3 Å². The zero-order valence-electron chi connectivity index (χ0n) is 13.9. The lowest BCUT2D eigenvalue weighted by Gasteiger charge is -2.11. The van der Waals surface area contributed by atoms with Gasteiger partial charge in [0.2, 0.25) is 5.91 Å². The molecular weight excluding hydrogens is 286 g/mol. The first kappa shape index (κ1) is 16.6. The summed E-state index contributed by atoms with van der Waals surface area (Å²) in [5, 5.41) is 12.5. The number of benzene rings is 2. The zero-order chi connectivity index (χ0) is 17.0. The minimum atomic E-state index is -0.149. The molecule has 2 rings (SSSR count). The summed E-state index contributed by atoms with van der Waals surface area (Å²) in [5.74, 6) is 6.36. The number of aromatic hydroxyl groups is 1. The third-order valence-corrected chi connectivity index (χ3v) is 3.09. The van der Waals surface area contributed by atoms with Crippen molar-refractivity contribution >= 4 is 11.6 Å². The molecule has 0 unspecified atom stereocenters. The van der Waals surface area contributed by atoms with Crippen molar-refractivity contribution in [2.24, 2.45) is 5.41 Å². The molecule has 0 spiro atoms. The molecule has 2 N–H and O–H groups in total. The summed E-state index contributed by atoms with van der Waals surface area (Å²) in [5.41, 5.74) is 3.25. The van der Waals surface area contributed by atoms with E-state index in [1.807, 2.05) is 24.3 Å². The third kappa shape index (κ3) is 4.89. The van der Waals surface area contributed by atoms with Gasteiger partial charge in [0.05, 0.1) is 0 Å². The van der Waals surface area contributed by atoms with Gasteiger partial charge in [-0.25, -0.2) is 0 Å². The van der Waals surface area contributed by atoms with Crippen molar-refractivity contribution in [2.75, 3.05) is 5.32 Å². The number of phenolic OH excluding ortho intramolecular Hbond substituents is 1. The van der Waals surface area contributed by atoms with Gasteiger partial charge in [-0.15, -0.1) is 0 Å². The maximum absolute atomic E-state index is 11.3. The third-order valence-electron chi connectivity index (χ3n) is 3.09. The highest BCUT2D eigenvalue weighted by molar-refractivity contribution is 5.94. The summed E-state index contributed by atoms with van der Waals surface area (Å²) in [6.07, 6.45) is 0. The normalized spacial score (nSPS) is 10.6. The molecule has 0 aliphatic carbocycles. The van der Waals surface area contributed by atoms with Gasteiger partial charge in [-0.1, -0.05) is 24.0 Å². The van der Waals surface area contributed by atoms with Crippen LogP contribution in [0.15, 0.2) is 42.5 Å². The van der Waals surface area contributed by atoms with E-state index < -0.39 is 0 Å². The molecule has 118 valence electrons. The van der Waals surface area contributed by atoms with Gasteiger partial charge in [0, 0.05) is 29.2 Å². The molecule has 0 atom stereocenters. The first-order valence-corrected chi connectivity index (χ1v) is 7.49. The Kier molecular flexibility index (Phi) is 4.76. The molecular formula is C20H21NO2. The van der Waals surface area contributed by atoms with Crippen LogP contribution in [0.25, 0.3) is 11.1 Å². The van der Waals surface area contributed by atoms with Crippen molar-refractivity contribution in [1.29, 1.82) is 0 Å². The molecule has 0 aromatic heterocycles. The van der Waals surface area contributed by atoms with Crippen LogP contribution in [0.4, 0.5) is 5.69 Å². The molecule has 1 amide bonds. The van der Waals surface area contributed by atoms with E-state index in [1.54, 1.807) is 18.2 Å². The maximum Gasteiger partial charge on any atom is 0.221 e. The lowest BCUT2D eigenvalue weighted by atomic mass is 9.97. The number of carbonyl (C=O) groups excluding carboxylic acids is 1. The quantitative estimate of drug-likeness (QED) is 0.637. The van der Waals surface area contributed by atoms with Crippen molar-refractivity contribution < 1.29 is 9.90 Å². The van der Waals surface area contributed by atoms with Gasteiger partial charge in [0.25, 0.3) is 0 Å². The van der Waals surface area contributed by atoms with Crippen LogP contribution in [-0.2, 0) is 4.79 Å². The summed E-state index contributed by atoms with van der Waals surface area (Å²) in [6, 6.07) is 12.6. The fourth-order valence-electron chi connectivity index (χ4n) is 2.06. The Morgan fingerprint density at radius 3 is 2.30 bits per heavy atom. The Labute approximate surface area is 137 Å². The number of carbonyl (C=O) groups is 1. The van der Waals surface area contributed by atoms with E-state index in [0.29, 0.717) is 5.69 Å². The molecule has 0 aliphatic heterocycles. The topological polar surface area (TPSA) is 49.3 Å².